The van der Waals surface area contributed by atoms with Gasteiger partial charge in [0.05, 0.1) is 50.8 Å². The van der Waals surface area contributed by atoms with Crippen LogP contribution in [-0.4, -0.2) is 69.3 Å². The lowest BCUT2D eigenvalue weighted by atomic mass is 10.1. The molecule has 0 fully saturated rings. The van der Waals surface area contributed by atoms with Gasteiger partial charge in [-0.25, -0.2) is 9.59 Å². The Morgan fingerprint density at radius 3 is 2.19 bits per heavy atom. The summed E-state index contributed by atoms with van der Waals surface area (Å²) in [7, 11) is 0. The molecular formula is C17H23NO8. The Balaban J connectivity index is 2.46. The van der Waals surface area contributed by atoms with Crippen molar-refractivity contribution in [2.24, 2.45) is 0 Å². The lowest BCUT2D eigenvalue weighted by Crippen LogP contribution is -2.32. The lowest BCUT2D eigenvalue weighted by molar-refractivity contribution is 0.00913. The SMILES string of the molecule is CCOC(=O)NC(=O)c1ccccc1C(=O)OCCOCCOCCO. The summed E-state index contributed by atoms with van der Waals surface area (Å²) in [4.78, 5) is 35.5. The molecule has 0 aliphatic carbocycles. The third-order valence-corrected chi connectivity index (χ3v) is 2.95. The van der Waals surface area contributed by atoms with Crippen LogP contribution in [0.1, 0.15) is 27.6 Å². The monoisotopic (exact) mass is 369 g/mol. The second-order valence-electron chi connectivity index (χ2n) is 4.80. The highest BCUT2D eigenvalue weighted by Gasteiger charge is 2.19. The zero-order valence-electron chi connectivity index (χ0n) is 14.6. The van der Waals surface area contributed by atoms with Gasteiger partial charge in [0.15, 0.2) is 0 Å². The highest BCUT2D eigenvalue weighted by Crippen LogP contribution is 2.10. The van der Waals surface area contributed by atoms with Crippen molar-refractivity contribution in [3.63, 3.8) is 0 Å². The molecule has 2 amide bonds. The Hall–Kier alpha value is -2.49. The zero-order valence-corrected chi connectivity index (χ0v) is 14.6. The Morgan fingerprint density at radius 1 is 0.923 bits per heavy atom. The molecule has 0 radical (unpaired) electrons. The predicted octanol–water partition coefficient (Wildman–Crippen LogP) is 0.755. The molecule has 0 atom stereocenters. The smallest absolute Gasteiger partial charge is 0.414 e. The first kappa shape index (κ1) is 21.6. The molecule has 0 spiro atoms. The van der Waals surface area contributed by atoms with Gasteiger partial charge in [-0.05, 0) is 19.1 Å². The number of aliphatic hydroxyl groups excluding tert-OH is 1. The first-order valence-corrected chi connectivity index (χ1v) is 8.10. The van der Waals surface area contributed by atoms with Gasteiger partial charge in [0.2, 0.25) is 0 Å². The summed E-state index contributed by atoms with van der Waals surface area (Å²) in [5.41, 5.74) is 0.0319. The minimum absolute atomic E-state index is 0.00359. The number of aliphatic hydroxyl groups is 1. The first-order valence-electron chi connectivity index (χ1n) is 8.10. The number of hydrogen-bond donors (Lipinski definition) is 2. The summed E-state index contributed by atoms with van der Waals surface area (Å²) in [6.07, 6.45) is -0.891. The molecule has 0 saturated carbocycles. The normalized spacial score (nSPS) is 10.2. The molecule has 0 aromatic heterocycles. The Bertz CT molecular complexity index is 590. The first-order chi connectivity index (χ1) is 12.6. The van der Waals surface area contributed by atoms with Gasteiger partial charge in [-0.2, -0.15) is 0 Å². The maximum absolute atomic E-state index is 12.1. The van der Waals surface area contributed by atoms with E-state index in [4.69, 9.17) is 19.3 Å². The van der Waals surface area contributed by atoms with Crippen LogP contribution in [0.2, 0.25) is 0 Å². The number of esters is 1. The summed E-state index contributed by atoms with van der Waals surface area (Å²) in [5, 5.41) is 10.6. The summed E-state index contributed by atoms with van der Waals surface area (Å²) in [6.45, 7) is 2.69. The Morgan fingerprint density at radius 2 is 1.54 bits per heavy atom. The number of imide groups is 1. The average Bonchev–Trinajstić information content (AvgIpc) is 2.63. The van der Waals surface area contributed by atoms with E-state index in [1.54, 1.807) is 19.1 Å². The third kappa shape index (κ3) is 8.06. The summed E-state index contributed by atoms with van der Waals surface area (Å²) < 4.78 is 19.9. The van der Waals surface area contributed by atoms with Gasteiger partial charge >= 0.3 is 12.1 Å². The fraction of sp³-hybridized carbons (Fsp3) is 0.471. The van der Waals surface area contributed by atoms with Crippen LogP contribution in [0.4, 0.5) is 4.79 Å². The maximum atomic E-state index is 12.1. The fourth-order valence-corrected chi connectivity index (χ4v) is 1.84. The van der Waals surface area contributed by atoms with E-state index in [-0.39, 0.29) is 44.2 Å². The number of ether oxygens (including phenoxy) is 4. The number of carbonyl (C=O) groups is 3. The molecule has 144 valence electrons. The summed E-state index contributed by atoms with van der Waals surface area (Å²) >= 11 is 0. The Kier molecular flexibility index (Phi) is 10.6. The highest BCUT2D eigenvalue weighted by atomic mass is 16.6. The second kappa shape index (κ2) is 12.8. The minimum atomic E-state index is -0.891. The molecule has 0 aliphatic rings. The van der Waals surface area contributed by atoms with Crippen molar-refractivity contribution in [1.29, 1.82) is 0 Å². The van der Waals surface area contributed by atoms with E-state index in [0.717, 1.165) is 0 Å². The molecule has 2 N–H and O–H groups in total. The molecule has 0 saturated heterocycles. The number of rotatable bonds is 11. The molecule has 0 bridgehead atoms. The molecule has 0 unspecified atom stereocenters. The maximum Gasteiger partial charge on any atom is 0.414 e. The van der Waals surface area contributed by atoms with E-state index >= 15 is 0 Å². The molecule has 0 heterocycles. The van der Waals surface area contributed by atoms with E-state index in [1.165, 1.54) is 12.1 Å². The van der Waals surface area contributed by atoms with Gasteiger partial charge in [-0.1, -0.05) is 12.1 Å². The van der Waals surface area contributed by atoms with Crippen molar-refractivity contribution in [2.45, 2.75) is 6.92 Å². The van der Waals surface area contributed by atoms with E-state index in [0.29, 0.717) is 13.2 Å². The van der Waals surface area contributed by atoms with E-state index in [2.05, 4.69) is 4.74 Å². The van der Waals surface area contributed by atoms with Crippen LogP contribution in [-0.2, 0) is 18.9 Å². The molecule has 9 nitrogen and oxygen atoms in total. The minimum Gasteiger partial charge on any atom is -0.460 e. The Labute approximate surface area is 151 Å². The molecule has 1 aromatic carbocycles. The van der Waals surface area contributed by atoms with Crippen LogP contribution in [0.15, 0.2) is 24.3 Å². The van der Waals surface area contributed by atoms with E-state index in [9.17, 15) is 14.4 Å². The van der Waals surface area contributed by atoms with Crippen LogP contribution >= 0.6 is 0 Å². The van der Waals surface area contributed by atoms with Gasteiger partial charge in [0, 0.05) is 0 Å². The number of nitrogens with one attached hydrogen (secondary N) is 1. The van der Waals surface area contributed by atoms with Gasteiger partial charge in [-0.15, -0.1) is 0 Å². The standard InChI is InChI=1S/C17H23NO8/c1-2-25-17(22)18-15(20)13-5-3-4-6-14(13)16(21)26-12-11-24-10-9-23-8-7-19/h3-6,19H,2,7-12H2,1H3,(H,18,20,22). The second-order valence-corrected chi connectivity index (χ2v) is 4.80. The molecule has 1 rings (SSSR count). The van der Waals surface area contributed by atoms with Gasteiger partial charge in [-0.3, -0.25) is 10.1 Å². The molecule has 0 aliphatic heterocycles. The van der Waals surface area contributed by atoms with Crippen molar-refractivity contribution in [3.05, 3.63) is 35.4 Å². The van der Waals surface area contributed by atoms with Gasteiger partial charge in [0.25, 0.3) is 5.91 Å². The number of amides is 2. The highest BCUT2D eigenvalue weighted by molar-refractivity contribution is 6.09. The third-order valence-electron chi connectivity index (χ3n) is 2.95. The number of alkyl carbamates (subject to hydrolysis) is 1. The quantitative estimate of drug-likeness (QED) is 0.433. The molecule has 1 aromatic rings. The predicted molar refractivity (Wildman–Crippen MR) is 89.9 cm³/mol. The topological polar surface area (TPSA) is 120 Å². The van der Waals surface area contributed by atoms with Crippen molar-refractivity contribution in [2.75, 3.05) is 46.2 Å². The van der Waals surface area contributed by atoms with Crippen LogP contribution < -0.4 is 5.32 Å². The lowest BCUT2D eigenvalue weighted by Gasteiger charge is -2.10. The van der Waals surface area contributed by atoms with Crippen molar-refractivity contribution >= 4 is 18.0 Å². The van der Waals surface area contributed by atoms with Gasteiger partial charge < -0.3 is 24.1 Å². The van der Waals surface area contributed by atoms with Gasteiger partial charge in [0.1, 0.15) is 6.61 Å². The fourth-order valence-electron chi connectivity index (χ4n) is 1.84. The zero-order chi connectivity index (χ0) is 19.2. The van der Waals surface area contributed by atoms with E-state index in [1.807, 2.05) is 5.32 Å². The van der Waals surface area contributed by atoms with Crippen LogP contribution in [0, 0.1) is 0 Å². The summed E-state index contributed by atoms with van der Waals surface area (Å²) in [6, 6.07) is 5.96. The number of carbonyl (C=O) groups excluding carboxylic acids is 3. The number of benzene rings is 1. The number of hydrogen-bond acceptors (Lipinski definition) is 8. The van der Waals surface area contributed by atoms with Crippen LogP contribution in [0.5, 0.6) is 0 Å². The molecule has 9 heteroatoms. The van der Waals surface area contributed by atoms with E-state index < -0.39 is 18.0 Å². The van der Waals surface area contributed by atoms with Crippen molar-refractivity contribution in [3.8, 4) is 0 Å². The van der Waals surface area contributed by atoms with Crippen molar-refractivity contribution in [1.82, 2.24) is 5.32 Å². The summed E-state index contributed by atoms with van der Waals surface area (Å²) in [5.74, 6) is -1.46. The molecule has 26 heavy (non-hydrogen) atoms. The largest absolute Gasteiger partial charge is 0.460 e. The average molecular weight is 369 g/mol. The van der Waals surface area contributed by atoms with Crippen molar-refractivity contribution < 1.29 is 38.4 Å². The molecular weight excluding hydrogens is 346 g/mol. The van der Waals surface area contributed by atoms with Crippen LogP contribution in [0.25, 0.3) is 0 Å². The van der Waals surface area contributed by atoms with Crippen LogP contribution in [0.3, 0.4) is 0 Å².